The Labute approximate surface area is 46.5 Å². The van der Waals surface area contributed by atoms with E-state index < -0.39 is 0 Å². The summed E-state index contributed by atoms with van der Waals surface area (Å²) >= 11 is 3.23. The highest BCUT2D eigenvalue weighted by atomic mass is 79.9. The predicted molar refractivity (Wildman–Crippen MR) is 30.1 cm³/mol. The molecule has 6 heavy (non-hydrogen) atoms. The van der Waals surface area contributed by atoms with E-state index in [0.717, 1.165) is 0 Å². The second-order valence-corrected chi connectivity index (χ2v) is 4.02. The van der Waals surface area contributed by atoms with Crippen LogP contribution in [0.1, 0.15) is 13.8 Å². The van der Waals surface area contributed by atoms with Crippen LogP contribution in [0.15, 0.2) is 0 Å². The van der Waals surface area contributed by atoms with Crippen molar-refractivity contribution in [1.29, 1.82) is 0 Å². The topological polar surface area (TPSA) is 20.2 Å². The number of aliphatic hydroxyl groups excluding tert-OH is 1. The predicted octanol–water partition coefficient (Wildman–Crippen LogP) is 1.15. The summed E-state index contributed by atoms with van der Waals surface area (Å²) in [6.07, 6.45) is 0. The number of halogens is 1. The molecule has 0 saturated carbocycles. The first kappa shape index (κ1) is 6.44. The average Bonchev–Trinajstić information content (AvgIpc) is 1.35. The molecule has 0 unspecified atom stereocenters. The molecule has 0 atom stereocenters. The fourth-order valence-electron chi connectivity index (χ4n) is 0. The highest BCUT2D eigenvalue weighted by Crippen LogP contribution is 2.12. The Morgan fingerprint density at radius 2 is 1.83 bits per heavy atom. The van der Waals surface area contributed by atoms with Crippen molar-refractivity contribution in [3.05, 3.63) is 0 Å². The SMILES string of the molecule is CC(C)(Br)CO. The van der Waals surface area contributed by atoms with E-state index in [1.54, 1.807) is 0 Å². The molecule has 0 saturated heterocycles. The normalized spacial score (nSPS) is 12.0. The first-order valence-corrected chi connectivity index (χ1v) is 2.65. The molecule has 1 nitrogen and oxygen atoms in total. The van der Waals surface area contributed by atoms with Crippen LogP contribution in [0.3, 0.4) is 0 Å². The van der Waals surface area contributed by atoms with E-state index in [1.807, 2.05) is 13.8 Å². The van der Waals surface area contributed by atoms with Gasteiger partial charge in [0.15, 0.2) is 0 Å². The van der Waals surface area contributed by atoms with Crippen molar-refractivity contribution in [2.75, 3.05) is 6.61 Å². The van der Waals surface area contributed by atoms with Crippen molar-refractivity contribution >= 4 is 15.9 Å². The van der Waals surface area contributed by atoms with E-state index in [0.29, 0.717) is 0 Å². The molecule has 0 fully saturated rings. The van der Waals surface area contributed by atoms with Gasteiger partial charge in [-0.2, -0.15) is 0 Å². The van der Waals surface area contributed by atoms with Gasteiger partial charge in [0, 0.05) is 4.32 Å². The summed E-state index contributed by atoms with van der Waals surface area (Å²) in [6.45, 7) is 4.01. The van der Waals surface area contributed by atoms with Gasteiger partial charge in [-0.15, -0.1) is 0 Å². The fraction of sp³-hybridized carbons (Fsp3) is 1.00. The largest absolute Gasteiger partial charge is 0.395 e. The van der Waals surface area contributed by atoms with E-state index in [1.165, 1.54) is 0 Å². The highest BCUT2D eigenvalue weighted by Gasteiger charge is 2.07. The Hall–Kier alpha value is 0.440. The molecule has 0 aromatic rings. The molecule has 0 aliphatic heterocycles. The van der Waals surface area contributed by atoms with Gasteiger partial charge in [-0.1, -0.05) is 15.9 Å². The minimum absolute atomic E-state index is 0.0903. The lowest BCUT2D eigenvalue weighted by Crippen LogP contribution is -2.14. The lowest BCUT2D eigenvalue weighted by atomic mass is 10.2. The molecule has 2 heteroatoms. The zero-order valence-electron chi connectivity index (χ0n) is 4.03. The van der Waals surface area contributed by atoms with E-state index in [9.17, 15) is 0 Å². The number of rotatable bonds is 1. The zero-order valence-corrected chi connectivity index (χ0v) is 5.62. The molecular weight excluding hydrogens is 144 g/mol. The highest BCUT2D eigenvalue weighted by molar-refractivity contribution is 9.10. The molecule has 0 radical (unpaired) electrons. The minimum atomic E-state index is -0.0903. The maximum atomic E-state index is 8.36. The Morgan fingerprint density at radius 1 is 1.67 bits per heavy atom. The summed E-state index contributed by atoms with van der Waals surface area (Å²) in [5.41, 5.74) is 0. The lowest BCUT2D eigenvalue weighted by Gasteiger charge is -2.08. The first-order valence-electron chi connectivity index (χ1n) is 1.86. The molecule has 38 valence electrons. The average molecular weight is 153 g/mol. The molecule has 0 rings (SSSR count). The van der Waals surface area contributed by atoms with Crippen molar-refractivity contribution in [2.24, 2.45) is 0 Å². The number of aliphatic hydroxyl groups is 1. The number of alkyl halides is 1. The van der Waals surface area contributed by atoms with Crippen molar-refractivity contribution in [1.82, 2.24) is 0 Å². The van der Waals surface area contributed by atoms with Crippen molar-refractivity contribution in [3.8, 4) is 0 Å². The Morgan fingerprint density at radius 3 is 1.83 bits per heavy atom. The standard InChI is InChI=1S/C4H9BrO/c1-4(2,5)3-6/h6H,3H2,1-2H3. The summed E-state index contributed by atoms with van der Waals surface area (Å²) in [6, 6.07) is 0. The van der Waals surface area contributed by atoms with Crippen LogP contribution in [0, 0.1) is 0 Å². The third-order valence-electron chi connectivity index (χ3n) is 0.376. The molecule has 0 aromatic heterocycles. The van der Waals surface area contributed by atoms with Gasteiger partial charge in [-0.25, -0.2) is 0 Å². The van der Waals surface area contributed by atoms with E-state index in [4.69, 9.17) is 5.11 Å². The van der Waals surface area contributed by atoms with E-state index >= 15 is 0 Å². The minimum Gasteiger partial charge on any atom is -0.395 e. The van der Waals surface area contributed by atoms with Crippen LogP contribution >= 0.6 is 15.9 Å². The van der Waals surface area contributed by atoms with E-state index in [-0.39, 0.29) is 10.9 Å². The molecule has 0 bridgehead atoms. The van der Waals surface area contributed by atoms with Crippen LogP contribution in [-0.4, -0.2) is 16.0 Å². The van der Waals surface area contributed by atoms with Crippen LogP contribution in [0.4, 0.5) is 0 Å². The van der Waals surface area contributed by atoms with Gasteiger partial charge < -0.3 is 5.11 Å². The molecule has 0 aliphatic carbocycles. The van der Waals surface area contributed by atoms with Crippen molar-refractivity contribution in [2.45, 2.75) is 18.2 Å². The molecule has 0 amide bonds. The van der Waals surface area contributed by atoms with Gasteiger partial charge in [0.25, 0.3) is 0 Å². The van der Waals surface area contributed by atoms with Crippen LogP contribution in [0.25, 0.3) is 0 Å². The van der Waals surface area contributed by atoms with Gasteiger partial charge in [-0.05, 0) is 13.8 Å². The quantitative estimate of drug-likeness (QED) is 0.560. The van der Waals surface area contributed by atoms with Gasteiger partial charge in [0.05, 0.1) is 6.61 Å². The monoisotopic (exact) mass is 152 g/mol. The fourth-order valence-corrected chi connectivity index (χ4v) is 0. The van der Waals surface area contributed by atoms with Gasteiger partial charge >= 0.3 is 0 Å². The lowest BCUT2D eigenvalue weighted by molar-refractivity contribution is 0.268. The number of hydrogen-bond acceptors (Lipinski definition) is 1. The van der Waals surface area contributed by atoms with Crippen LogP contribution < -0.4 is 0 Å². The Balaban J connectivity index is 3.17. The summed E-state index contributed by atoms with van der Waals surface area (Å²) in [4.78, 5) is 0. The Kier molecular flexibility index (Phi) is 2.08. The van der Waals surface area contributed by atoms with Crippen LogP contribution in [-0.2, 0) is 0 Å². The van der Waals surface area contributed by atoms with E-state index in [2.05, 4.69) is 15.9 Å². The zero-order chi connectivity index (χ0) is 5.21. The van der Waals surface area contributed by atoms with Crippen LogP contribution in [0.5, 0.6) is 0 Å². The van der Waals surface area contributed by atoms with Gasteiger partial charge in [0.2, 0.25) is 0 Å². The molecule has 1 N–H and O–H groups in total. The summed E-state index contributed by atoms with van der Waals surface area (Å²) < 4.78 is -0.0903. The maximum absolute atomic E-state index is 8.36. The summed E-state index contributed by atoms with van der Waals surface area (Å²) in [5, 5.41) is 8.36. The van der Waals surface area contributed by atoms with Gasteiger partial charge in [0.1, 0.15) is 0 Å². The van der Waals surface area contributed by atoms with Crippen LogP contribution in [0.2, 0.25) is 0 Å². The molecule has 0 aliphatic rings. The van der Waals surface area contributed by atoms with Gasteiger partial charge in [-0.3, -0.25) is 0 Å². The first-order chi connectivity index (χ1) is 2.56. The second kappa shape index (κ2) is 1.94. The Bertz CT molecular complexity index is 37.3. The molecule has 0 spiro atoms. The van der Waals surface area contributed by atoms with Crippen molar-refractivity contribution in [3.63, 3.8) is 0 Å². The second-order valence-electron chi connectivity index (χ2n) is 1.88. The van der Waals surface area contributed by atoms with Crippen molar-refractivity contribution < 1.29 is 5.11 Å². The summed E-state index contributed by atoms with van der Waals surface area (Å²) in [7, 11) is 0. The molecule has 0 aromatic carbocycles. The maximum Gasteiger partial charge on any atom is 0.0579 e. The third-order valence-corrected chi connectivity index (χ3v) is 0.627. The third kappa shape index (κ3) is 4.44. The smallest absolute Gasteiger partial charge is 0.0579 e. The molecule has 0 heterocycles. The molecular formula is C4H9BrO. The summed E-state index contributed by atoms with van der Waals surface area (Å²) in [5.74, 6) is 0. The number of hydrogen-bond donors (Lipinski definition) is 1.